The Morgan fingerprint density at radius 2 is 1.79 bits per heavy atom. The average Bonchev–Trinajstić information content (AvgIpc) is 3.16. The van der Waals surface area contributed by atoms with Crippen molar-refractivity contribution >= 4 is 45.6 Å². The topological polar surface area (TPSA) is 33.2 Å². The van der Waals surface area contributed by atoms with Gasteiger partial charge < -0.3 is 0 Å². The van der Waals surface area contributed by atoms with Gasteiger partial charge in [0.25, 0.3) is 0 Å². The molecule has 0 spiro atoms. The molecule has 0 fully saturated rings. The van der Waals surface area contributed by atoms with Crippen LogP contribution < -0.4 is 4.90 Å². The van der Waals surface area contributed by atoms with E-state index in [0.29, 0.717) is 21.1 Å². The van der Waals surface area contributed by atoms with Crippen LogP contribution in [-0.2, 0) is 11.2 Å². The van der Waals surface area contributed by atoms with E-state index in [1.807, 2.05) is 18.4 Å². The number of amides is 1. The van der Waals surface area contributed by atoms with Crippen molar-refractivity contribution in [3.05, 3.63) is 69.0 Å². The van der Waals surface area contributed by atoms with Crippen LogP contribution in [0.4, 0.5) is 5.13 Å². The van der Waals surface area contributed by atoms with Crippen molar-refractivity contribution in [3.8, 4) is 11.3 Å². The van der Waals surface area contributed by atoms with E-state index in [0.717, 1.165) is 23.2 Å². The molecule has 1 heterocycles. The van der Waals surface area contributed by atoms with Crippen LogP contribution in [0, 0.1) is 5.92 Å². The molecule has 1 aromatic heterocycles. The number of thiazole rings is 1. The van der Waals surface area contributed by atoms with Crippen LogP contribution in [-0.4, -0.2) is 17.9 Å². The van der Waals surface area contributed by atoms with Gasteiger partial charge in [-0.15, -0.1) is 11.3 Å². The van der Waals surface area contributed by atoms with E-state index in [-0.39, 0.29) is 11.8 Å². The average molecular weight is 447 g/mol. The summed E-state index contributed by atoms with van der Waals surface area (Å²) in [5.41, 5.74) is 3.83. The van der Waals surface area contributed by atoms with Crippen molar-refractivity contribution in [2.45, 2.75) is 33.1 Å². The molecule has 3 nitrogen and oxygen atoms in total. The van der Waals surface area contributed by atoms with Gasteiger partial charge in [-0.05, 0) is 48.6 Å². The molecule has 152 valence electrons. The lowest BCUT2D eigenvalue weighted by molar-refractivity contribution is -0.119. The number of anilines is 1. The Morgan fingerprint density at radius 3 is 2.41 bits per heavy atom. The highest BCUT2D eigenvalue weighted by Crippen LogP contribution is 2.34. The van der Waals surface area contributed by atoms with Gasteiger partial charge in [-0.25, -0.2) is 4.98 Å². The predicted octanol–water partition coefficient (Wildman–Crippen LogP) is 7.08. The molecular weight excluding hydrogens is 423 g/mol. The van der Waals surface area contributed by atoms with Crippen molar-refractivity contribution in [1.29, 1.82) is 0 Å². The number of benzene rings is 2. The monoisotopic (exact) mass is 446 g/mol. The largest absolute Gasteiger partial charge is 0.291 e. The number of carbonyl (C=O) groups is 1. The maximum atomic E-state index is 13.0. The third kappa shape index (κ3) is 5.19. The molecule has 6 heteroatoms. The zero-order chi connectivity index (χ0) is 21.1. The molecule has 1 amide bonds. The number of nitrogens with zero attached hydrogens (tertiary/aromatic N) is 2. The number of likely N-dealkylation sites (N-methyl/N-ethyl adjacent to an activating group) is 1. The molecule has 0 bridgehead atoms. The second kappa shape index (κ2) is 9.29. The number of hydrogen-bond donors (Lipinski definition) is 0. The van der Waals surface area contributed by atoms with E-state index in [1.54, 1.807) is 24.1 Å². The summed E-state index contributed by atoms with van der Waals surface area (Å²) in [5.74, 6) is 0.364. The van der Waals surface area contributed by atoms with Gasteiger partial charge in [-0.3, -0.25) is 9.69 Å². The highest BCUT2D eigenvalue weighted by molar-refractivity contribution is 7.14. The molecule has 0 saturated carbocycles. The Hall–Kier alpha value is -1.88. The Bertz CT molecular complexity index is 998. The second-order valence-electron chi connectivity index (χ2n) is 7.60. The zero-order valence-corrected chi connectivity index (χ0v) is 19.3. The van der Waals surface area contributed by atoms with Crippen LogP contribution in [0.1, 0.15) is 37.8 Å². The molecule has 1 atom stereocenters. The van der Waals surface area contributed by atoms with Crippen molar-refractivity contribution in [1.82, 2.24) is 4.98 Å². The first-order valence-corrected chi connectivity index (χ1v) is 11.2. The van der Waals surface area contributed by atoms with Crippen LogP contribution >= 0.6 is 34.5 Å². The molecule has 3 aromatic rings. The second-order valence-corrected chi connectivity index (χ2v) is 9.28. The van der Waals surface area contributed by atoms with Gasteiger partial charge in [0.1, 0.15) is 0 Å². The van der Waals surface area contributed by atoms with E-state index in [2.05, 4.69) is 43.1 Å². The Kier molecular flexibility index (Phi) is 6.99. The molecule has 29 heavy (non-hydrogen) atoms. The summed E-state index contributed by atoms with van der Waals surface area (Å²) in [6, 6.07) is 13.6. The molecule has 0 radical (unpaired) electrons. The fraction of sp³-hybridized carbons (Fsp3) is 0.304. The molecule has 3 rings (SSSR count). The van der Waals surface area contributed by atoms with Crippen LogP contribution in [0.2, 0.25) is 10.0 Å². The third-order valence-electron chi connectivity index (χ3n) is 4.81. The van der Waals surface area contributed by atoms with Crippen molar-refractivity contribution in [2.24, 2.45) is 5.92 Å². The quantitative estimate of drug-likeness (QED) is 0.404. The van der Waals surface area contributed by atoms with Crippen molar-refractivity contribution < 1.29 is 4.79 Å². The lowest BCUT2D eigenvalue weighted by Crippen LogP contribution is -2.30. The summed E-state index contributed by atoms with van der Waals surface area (Å²) in [6.45, 7) is 6.34. The van der Waals surface area contributed by atoms with E-state index in [1.165, 1.54) is 16.9 Å². The zero-order valence-electron chi connectivity index (χ0n) is 16.9. The maximum Gasteiger partial charge on any atom is 0.235 e. The molecule has 0 N–H and O–H groups in total. The molecule has 2 aromatic carbocycles. The number of hydrogen-bond acceptors (Lipinski definition) is 3. The summed E-state index contributed by atoms with van der Waals surface area (Å²) >= 11 is 13.7. The summed E-state index contributed by atoms with van der Waals surface area (Å²) in [4.78, 5) is 19.2. The van der Waals surface area contributed by atoms with Gasteiger partial charge >= 0.3 is 0 Å². The van der Waals surface area contributed by atoms with E-state index >= 15 is 0 Å². The molecule has 1 unspecified atom stereocenters. The minimum absolute atomic E-state index is 0.00436. The molecular formula is C23H24Cl2N2OS. The first kappa shape index (κ1) is 21.8. The van der Waals surface area contributed by atoms with Gasteiger partial charge in [-0.2, -0.15) is 0 Å². The van der Waals surface area contributed by atoms with Gasteiger partial charge in [0.05, 0.1) is 16.6 Å². The maximum absolute atomic E-state index is 13.0. The van der Waals surface area contributed by atoms with Crippen LogP contribution in [0.5, 0.6) is 0 Å². The van der Waals surface area contributed by atoms with Gasteiger partial charge in [-0.1, -0.05) is 61.3 Å². The summed E-state index contributed by atoms with van der Waals surface area (Å²) in [7, 11) is 1.76. The van der Waals surface area contributed by atoms with Gasteiger partial charge in [0, 0.05) is 23.0 Å². The fourth-order valence-electron chi connectivity index (χ4n) is 3.18. The number of halogens is 2. The molecule has 0 saturated heterocycles. The Labute approximate surface area is 186 Å². The number of rotatable bonds is 6. The summed E-state index contributed by atoms with van der Waals surface area (Å²) in [5, 5.41) is 3.66. The van der Waals surface area contributed by atoms with Crippen molar-refractivity contribution in [2.75, 3.05) is 11.9 Å². The summed E-state index contributed by atoms with van der Waals surface area (Å²) < 4.78 is 0. The van der Waals surface area contributed by atoms with Gasteiger partial charge in [0.15, 0.2) is 5.13 Å². The Morgan fingerprint density at radius 1 is 1.10 bits per heavy atom. The van der Waals surface area contributed by atoms with Crippen LogP contribution in [0.15, 0.2) is 47.8 Å². The normalized spacial score (nSPS) is 12.2. The summed E-state index contributed by atoms with van der Waals surface area (Å²) in [6.07, 6.45) is 1.04. The van der Waals surface area contributed by atoms with Crippen LogP contribution in [0.25, 0.3) is 11.3 Å². The minimum atomic E-state index is -0.250. The van der Waals surface area contributed by atoms with Crippen molar-refractivity contribution in [3.63, 3.8) is 0 Å². The van der Waals surface area contributed by atoms with Crippen LogP contribution in [0.3, 0.4) is 0 Å². The lowest BCUT2D eigenvalue weighted by atomic mass is 9.96. The standard InChI is InChI=1S/C23H24Cl2N2OS/c1-14(2)11-16-5-7-17(8-6-16)15(3)22(28)27(4)23-26-21(13-29-23)19-10-9-18(24)12-20(19)25/h5-10,12-15H,11H2,1-4H3. The molecule has 0 aliphatic carbocycles. The Balaban J connectivity index is 1.75. The third-order valence-corrected chi connectivity index (χ3v) is 6.28. The molecule has 0 aliphatic rings. The first-order chi connectivity index (χ1) is 13.8. The number of aromatic nitrogens is 1. The van der Waals surface area contributed by atoms with Gasteiger partial charge in [0.2, 0.25) is 5.91 Å². The predicted molar refractivity (Wildman–Crippen MR) is 124 cm³/mol. The smallest absolute Gasteiger partial charge is 0.235 e. The molecule has 0 aliphatic heterocycles. The van der Waals surface area contributed by atoms with E-state index < -0.39 is 0 Å². The lowest BCUT2D eigenvalue weighted by Gasteiger charge is -2.19. The SMILES string of the molecule is CC(C)Cc1ccc(C(C)C(=O)N(C)c2nc(-c3ccc(Cl)cc3Cl)cs2)cc1. The van der Waals surface area contributed by atoms with E-state index in [4.69, 9.17) is 23.2 Å². The first-order valence-electron chi connectivity index (χ1n) is 9.53. The number of carbonyl (C=O) groups excluding carboxylic acids is 1. The van der Waals surface area contributed by atoms with E-state index in [9.17, 15) is 4.79 Å². The highest BCUT2D eigenvalue weighted by atomic mass is 35.5. The highest BCUT2D eigenvalue weighted by Gasteiger charge is 2.23. The fourth-order valence-corrected chi connectivity index (χ4v) is 4.48. The minimum Gasteiger partial charge on any atom is -0.291 e.